The number of benzene rings is 1. The third-order valence-corrected chi connectivity index (χ3v) is 4.88. The van der Waals surface area contributed by atoms with Crippen LogP contribution in [0.25, 0.3) is 0 Å². The molecule has 0 radical (unpaired) electrons. The minimum absolute atomic E-state index is 0.149. The highest BCUT2D eigenvalue weighted by atomic mass is 19.1. The molecule has 5 nitrogen and oxygen atoms in total. The Bertz CT molecular complexity index is 658. The van der Waals surface area contributed by atoms with Gasteiger partial charge < -0.3 is 14.7 Å². The van der Waals surface area contributed by atoms with E-state index in [2.05, 4.69) is 0 Å². The molecule has 1 amide bonds. The summed E-state index contributed by atoms with van der Waals surface area (Å²) in [5.41, 5.74) is -0.177. The largest absolute Gasteiger partial charge is 0.481 e. The zero-order valence-corrected chi connectivity index (χ0v) is 13.8. The van der Waals surface area contributed by atoms with Gasteiger partial charge in [0.25, 0.3) is 5.91 Å². The van der Waals surface area contributed by atoms with E-state index in [0.29, 0.717) is 36.6 Å². The van der Waals surface area contributed by atoms with Gasteiger partial charge in [-0.3, -0.25) is 9.59 Å². The number of halogens is 1. The van der Waals surface area contributed by atoms with Crippen LogP contribution in [-0.4, -0.2) is 41.6 Å². The van der Waals surface area contributed by atoms with Gasteiger partial charge >= 0.3 is 5.97 Å². The number of aliphatic carboxylic acids is 1. The van der Waals surface area contributed by atoms with E-state index in [1.165, 1.54) is 23.1 Å². The summed E-state index contributed by atoms with van der Waals surface area (Å²) in [5.74, 6) is -0.954. The lowest BCUT2D eigenvalue weighted by atomic mass is 9.90. The van der Waals surface area contributed by atoms with E-state index in [0.717, 1.165) is 12.8 Å². The highest BCUT2D eigenvalue weighted by molar-refractivity contribution is 5.95. The van der Waals surface area contributed by atoms with E-state index in [4.69, 9.17) is 4.74 Å². The number of carbonyl (C=O) groups is 2. The molecule has 6 heteroatoms. The van der Waals surface area contributed by atoms with E-state index < -0.39 is 11.4 Å². The smallest absolute Gasteiger partial charge is 0.311 e. The third-order valence-electron chi connectivity index (χ3n) is 4.88. The first-order chi connectivity index (χ1) is 11.4. The van der Waals surface area contributed by atoms with Crippen LogP contribution in [0.5, 0.6) is 0 Å². The third kappa shape index (κ3) is 3.59. The number of amides is 1. The molecule has 0 aromatic heterocycles. The van der Waals surface area contributed by atoms with Crippen LogP contribution in [-0.2, 0) is 16.1 Å². The van der Waals surface area contributed by atoms with Crippen molar-refractivity contribution in [3.05, 3.63) is 35.1 Å². The monoisotopic (exact) mass is 335 g/mol. The van der Waals surface area contributed by atoms with Crippen LogP contribution in [0.2, 0.25) is 0 Å². The molecule has 2 fully saturated rings. The molecule has 1 aliphatic carbocycles. The molecular formula is C18H22FNO4. The second kappa shape index (κ2) is 6.51. The van der Waals surface area contributed by atoms with Crippen molar-refractivity contribution in [2.24, 2.45) is 11.3 Å². The van der Waals surface area contributed by atoms with Crippen LogP contribution in [0, 0.1) is 17.2 Å². The number of ether oxygens (including phenoxy) is 1. The van der Waals surface area contributed by atoms with E-state index in [9.17, 15) is 19.1 Å². The van der Waals surface area contributed by atoms with Crippen LogP contribution >= 0.6 is 0 Å². The minimum atomic E-state index is -0.911. The fourth-order valence-electron chi connectivity index (χ4n) is 2.93. The van der Waals surface area contributed by atoms with Crippen molar-refractivity contribution in [2.45, 2.75) is 32.8 Å². The normalized spacial score (nSPS) is 23.5. The number of carboxylic acid groups (broad SMARTS) is 1. The Kier molecular flexibility index (Phi) is 4.58. The summed E-state index contributed by atoms with van der Waals surface area (Å²) in [6.07, 6.45) is 2.75. The van der Waals surface area contributed by atoms with Crippen LogP contribution in [0.1, 0.15) is 42.1 Å². The Morgan fingerprint density at radius 1 is 1.42 bits per heavy atom. The first kappa shape index (κ1) is 16.9. The summed E-state index contributed by atoms with van der Waals surface area (Å²) in [5, 5.41) is 9.27. The van der Waals surface area contributed by atoms with Gasteiger partial charge in [0.15, 0.2) is 0 Å². The quantitative estimate of drug-likeness (QED) is 0.868. The molecule has 1 aromatic carbocycles. The average Bonchev–Trinajstić information content (AvgIpc) is 3.28. The molecule has 0 unspecified atom stereocenters. The highest BCUT2D eigenvalue weighted by Crippen LogP contribution is 2.31. The van der Waals surface area contributed by atoms with E-state index in [-0.39, 0.29) is 24.9 Å². The summed E-state index contributed by atoms with van der Waals surface area (Å²) in [4.78, 5) is 25.4. The van der Waals surface area contributed by atoms with Gasteiger partial charge in [-0.2, -0.15) is 0 Å². The zero-order valence-electron chi connectivity index (χ0n) is 13.8. The number of carbonyl (C=O) groups excluding carboxylic acids is 1. The van der Waals surface area contributed by atoms with Crippen molar-refractivity contribution in [3.8, 4) is 0 Å². The molecule has 130 valence electrons. The molecule has 1 saturated heterocycles. The van der Waals surface area contributed by atoms with Crippen LogP contribution in [0.3, 0.4) is 0 Å². The Labute approximate surface area is 140 Å². The standard InChI is InChI=1S/C18H22FNO4/c1-18(17(22)23)6-7-20(11-18)16(21)13-4-5-15(19)14(8-13)10-24-9-12-2-3-12/h4-5,8,12H,2-3,6-7,9-11H2,1H3,(H,22,23)/t18-/m0/s1. The maximum atomic E-state index is 13.9. The second-order valence-corrected chi connectivity index (χ2v) is 7.11. The molecule has 1 aliphatic heterocycles. The van der Waals surface area contributed by atoms with Crippen molar-refractivity contribution < 1.29 is 23.8 Å². The number of nitrogens with zero attached hydrogens (tertiary/aromatic N) is 1. The Balaban J connectivity index is 1.67. The van der Waals surface area contributed by atoms with Crippen molar-refractivity contribution >= 4 is 11.9 Å². The van der Waals surface area contributed by atoms with Gasteiger partial charge in [0.1, 0.15) is 5.82 Å². The van der Waals surface area contributed by atoms with Gasteiger partial charge in [-0.05, 0) is 50.3 Å². The lowest BCUT2D eigenvalue weighted by Gasteiger charge is -2.20. The van der Waals surface area contributed by atoms with Gasteiger partial charge in [-0.1, -0.05) is 0 Å². The Morgan fingerprint density at radius 2 is 2.17 bits per heavy atom. The SMILES string of the molecule is C[C@]1(C(=O)O)CCN(C(=O)c2ccc(F)c(COCC3CC3)c2)C1. The van der Waals surface area contributed by atoms with Crippen LogP contribution < -0.4 is 0 Å². The number of rotatable bonds is 6. The Morgan fingerprint density at radius 3 is 2.79 bits per heavy atom. The predicted molar refractivity (Wildman–Crippen MR) is 85.0 cm³/mol. The summed E-state index contributed by atoms with van der Waals surface area (Å²) >= 11 is 0. The van der Waals surface area contributed by atoms with Crippen molar-refractivity contribution in [3.63, 3.8) is 0 Å². The molecule has 1 aromatic rings. The van der Waals surface area contributed by atoms with Crippen molar-refractivity contribution in [2.75, 3.05) is 19.7 Å². The predicted octanol–water partition coefficient (Wildman–Crippen LogP) is 2.69. The molecule has 0 bridgehead atoms. The maximum Gasteiger partial charge on any atom is 0.311 e. The van der Waals surface area contributed by atoms with Gasteiger partial charge in [0.05, 0.1) is 12.0 Å². The minimum Gasteiger partial charge on any atom is -0.481 e. The Hall–Kier alpha value is -1.95. The summed E-state index contributed by atoms with van der Waals surface area (Å²) in [6.45, 7) is 2.99. The molecule has 1 saturated carbocycles. The molecule has 0 spiro atoms. The number of hydrogen-bond acceptors (Lipinski definition) is 3. The number of hydrogen-bond donors (Lipinski definition) is 1. The molecule has 3 rings (SSSR count). The summed E-state index contributed by atoms with van der Waals surface area (Å²) in [7, 11) is 0. The molecule has 1 heterocycles. The lowest BCUT2D eigenvalue weighted by Crippen LogP contribution is -2.34. The molecule has 24 heavy (non-hydrogen) atoms. The number of likely N-dealkylation sites (tertiary alicyclic amines) is 1. The first-order valence-corrected chi connectivity index (χ1v) is 8.28. The van der Waals surface area contributed by atoms with Crippen LogP contribution in [0.4, 0.5) is 4.39 Å². The van der Waals surface area contributed by atoms with Gasteiger partial charge in [0.2, 0.25) is 0 Å². The van der Waals surface area contributed by atoms with Gasteiger partial charge in [-0.15, -0.1) is 0 Å². The fraction of sp³-hybridized carbons (Fsp3) is 0.556. The van der Waals surface area contributed by atoms with Gasteiger partial charge in [0, 0.05) is 30.8 Å². The molecular weight excluding hydrogens is 313 g/mol. The van der Waals surface area contributed by atoms with Crippen molar-refractivity contribution in [1.82, 2.24) is 4.90 Å². The highest BCUT2D eigenvalue weighted by Gasteiger charge is 2.42. The lowest BCUT2D eigenvalue weighted by molar-refractivity contribution is -0.147. The van der Waals surface area contributed by atoms with E-state index in [1.807, 2.05) is 0 Å². The van der Waals surface area contributed by atoms with E-state index >= 15 is 0 Å². The zero-order chi connectivity index (χ0) is 17.3. The summed E-state index contributed by atoms with van der Waals surface area (Å²) < 4.78 is 19.4. The second-order valence-electron chi connectivity index (χ2n) is 7.11. The molecule has 1 N–H and O–H groups in total. The fourth-order valence-corrected chi connectivity index (χ4v) is 2.93. The average molecular weight is 335 g/mol. The maximum absolute atomic E-state index is 13.9. The van der Waals surface area contributed by atoms with Gasteiger partial charge in [-0.25, -0.2) is 4.39 Å². The molecule has 2 aliphatic rings. The topological polar surface area (TPSA) is 66.8 Å². The van der Waals surface area contributed by atoms with Crippen molar-refractivity contribution in [1.29, 1.82) is 0 Å². The molecule has 1 atom stereocenters. The van der Waals surface area contributed by atoms with Crippen LogP contribution in [0.15, 0.2) is 18.2 Å². The first-order valence-electron chi connectivity index (χ1n) is 8.28. The summed E-state index contributed by atoms with van der Waals surface area (Å²) in [6, 6.07) is 4.23. The van der Waals surface area contributed by atoms with E-state index in [1.54, 1.807) is 6.92 Å². The number of carboxylic acids is 1.